The van der Waals surface area contributed by atoms with Gasteiger partial charge < -0.3 is 9.63 Å². The zero-order valence-electron chi connectivity index (χ0n) is 12.9. The summed E-state index contributed by atoms with van der Waals surface area (Å²) in [4.78, 5) is 16.9. The van der Waals surface area contributed by atoms with E-state index in [1.54, 1.807) is 0 Å². The molecular formula is C15H15ClF3N3O3. The Bertz CT molecular complexity index is 751. The van der Waals surface area contributed by atoms with Gasteiger partial charge in [0.2, 0.25) is 11.7 Å². The number of likely N-dealkylation sites (tertiary alicyclic amines) is 1. The molecule has 0 aliphatic carbocycles. The fourth-order valence-corrected chi connectivity index (χ4v) is 2.64. The zero-order valence-corrected chi connectivity index (χ0v) is 13.7. The summed E-state index contributed by atoms with van der Waals surface area (Å²) in [5, 5.41) is 12.7. The van der Waals surface area contributed by atoms with Crippen molar-refractivity contribution in [3.63, 3.8) is 0 Å². The van der Waals surface area contributed by atoms with Crippen LogP contribution in [0.5, 0.6) is 0 Å². The number of aromatic nitrogens is 2. The molecule has 0 saturated carbocycles. The lowest BCUT2D eigenvalue weighted by atomic mass is 10.1. The maximum Gasteiger partial charge on any atom is 0.416 e. The Balaban J connectivity index is 0.00000225. The van der Waals surface area contributed by atoms with Crippen LogP contribution in [0.25, 0.3) is 11.4 Å². The molecule has 0 radical (unpaired) electrons. The Labute approximate surface area is 147 Å². The summed E-state index contributed by atoms with van der Waals surface area (Å²) >= 11 is 0. The van der Waals surface area contributed by atoms with Crippen molar-refractivity contribution in [2.45, 2.75) is 19.1 Å². The van der Waals surface area contributed by atoms with Crippen molar-refractivity contribution in [1.29, 1.82) is 0 Å². The quantitative estimate of drug-likeness (QED) is 0.882. The largest absolute Gasteiger partial charge is 0.481 e. The number of alkyl halides is 3. The van der Waals surface area contributed by atoms with E-state index in [4.69, 9.17) is 9.63 Å². The minimum atomic E-state index is -4.44. The highest BCUT2D eigenvalue weighted by Crippen LogP contribution is 2.31. The number of nitrogens with zero attached hydrogens (tertiary/aromatic N) is 3. The summed E-state index contributed by atoms with van der Waals surface area (Å²) < 4.78 is 43.3. The van der Waals surface area contributed by atoms with Crippen molar-refractivity contribution in [3.8, 4) is 11.4 Å². The first kappa shape index (κ1) is 19.2. The molecule has 6 nitrogen and oxygen atoms in total. The molecule has 1 aliphatic rings. The third-order valence-corrected chi connectivity index (χ3v) is 3.90. The Morgan fingerprint density at radius 1 is 1.40 bits per heavy atom. The minimum Gasteiger partial charge on any atom is -0.481 e. The first-order chi connectivity index (χ1) is 11.3. The van der Waals surface area contributed by atoms with Crippen LogP contribution in [0.3, 0.4) is 0 Å². The number of carboxylic acid groups (broad SMARTS) is 1. The Morgan fingerprint density at radius 3 is 2.80 bits per heavy atom. The first-order valence-electron chi connectivity index (χ1n) is 7.28. The van der Waals surface area contributed by atoms with Gasteiger partial charge >= 0.3 is 12.1 Å². The molecule has 2 heterocycles. The molecule has 1 aliphatic heterocycles. The normalized spacial score (nSPS) is 18.1. The Kier molecular flexibility index (Phi) is 5.69. The summed E-state index contributed by atoms with van der Waals surface area (Å²) in [6.07, 6.45) is -3.89. The van der Waals surface area contributed by atoms with E-state index >= 15 is 0 Å². The van der Waals surface area contributed by atoms with E-state index in [1.165, 1.54) is 12.1 Å². The molecule has 0 bridgehead atoms. The van der Waals surface area contributed by atoms with E-state index in [0.717, 1.165) is 12.1 Å². The van der Waals surface area contributed by atoms with Gasteiger partial charge in [0.1, 0.15) is 0 Å². The third-order valence-electron chi connectivity index (χ3n) is 3.90. The van der Waals surface area contributed by atoms with Crippen molar-refractivity contribution < 1.29 is 27.6 Å². The van der Waals surface area contributed by atoms with Crippen LogP contribution < -0.4 is 0 Å². The van der Waals surface area contributed by atoms with Gasteiger partial charge in [0.25, 0.3) is 0 Å². The predicted octanol–water partition coefficient (Wildman–Crippen LogP) is 3.08. The topological polar surface area (TPSA) is 79.5 Å². The fourth-order valence-electron chi connectivity index (χ4n) is 2.64. The van der Waals surface area contributed by atoms with Crippen LogP contribution in [0, 0.1) is 5.92 Å². The van der Waals surface area contributed by atoms with Gasteiger partial charge in [-0.2, -0.15) is 18.2 Å². The summed E-state index contributed by atoms with van der Waals surface area (Å²) in [5.74, 6) is -0.943. The number of carboxylic acids is 1. The Hall–Kier alpha value is -2.13. The van der Waals surface area contributed by atoms with E-state index in [-0.39, 0.29) is 36.2 Å². The van der Waals surface area contributed by atoms with Crippen LogP contribution in [-0.2, 0) is 17.5 Å². The van der Waals surface area contributed by atoms with Gasteiger partial charge in [-0.05, 0) is 25.1 Å². The van der Waals surface area contributed by atoms with Gasteiger partial charge in [-0.3, -0.25) is 9.69 Å². The van der Waals surface area contributed by atoms with Gasteiger partial charge in [0, 0.05) is 12.1 Å². The summed E-state index contributed by atoms with van der Waals surface area (Å²) in [7, 11) is 0. The summed E-state index contributed by atoms with van der Waals surface area (Å²) in [6.45, 7) is 1.25. The maximum absolute atomic E-state index is 12.7. The summed E-state index contributed by atoms with van der Waals surface area (Å²) in [6, 6.07) is 4.69. The number of hydrogen-bond acceptors (Lipinski definition) is 5. The van der Waals surface area contributed by atoms with Gasteiger partial charge in [-0.25, -0.2) is 0 Å². The van der Waals surface area contributed by atoms with E-state index in [0.29, 0.717) is 19.5 Å². The Morgan fingerprint density at radius 2 is 2.16 bits per heavy atom. The van der Waals surface area contributed by atoms with Gasteiger partial charge in [0.05, 0.1) is 18.0 Å². The van der Waals surface area contributed by atoms with Gasteiger partial charge in [0.15, 0.2) is 0 Å². The zero-order chi connectivity index (χ0) is 17.3. The first-order valence-corrected chi connectivity index (χ1v) is 7.28. The highest BCUT2D eigenvalue weighted by molar-refractivity contribution is 5.85. The number of halogens is 4. The molecule has 0 spiro atoms. The van der Waals surface area contributed by atoms with Crippen molar-refractivity contribution in [2.75, 3.05) is 13.1 Å². The number of rotatable bonds is 4. The molecular weight excluding hydrogens is 363 g/mol. The standard InChI is InChI=1S/C15H14F3N3O3.ClH/c16-15(17,18)11-3-1-2-9(6-11)13-19-12(24-20-13)8-21-5-4-10(7-21)14(22)23;/h1-3,6,10H,4-5,7-8H2,(H,22,23);1H. The van der Waals surface area contributed by atoms with Crippen LogP contribution in [0.2, 0.25) is 0 Å². The monoisotopic (exact) mass is 377 g/mol. The molecule has 10 heteroatoms. The van der Waals surface area contributed by atoms with Crippen LogP contribution >= 0.6 is 12.4 Å². The second kappa shape index (κ2) is 7.40. The van der Waals surface area contributed by atoms with Crippen LogP contribution in [0.4, 0.5) is 13.2 Å². The predicted molar refractivity (Wildman–Crippen MR) is 83.0 cm³/mol. The minimum absolute atomic E-state index is 0. The highest BCUT2D eigenvalue weighted by atomic mass is 35.5. The molecule has 1 N–H and O–H groups in total. The number of aliphatic carboxylic acids is 1. The highest BCUT2D eigenvalue weighted by Gasteiger charge is 2.31. The molecule has 2 aromatic rings. The van der Waals surface area contributed by atoms with Crippen molar-refractivity contribution >= 4 is 18.4 Å². The van der Waals surface area contributed by atoms with E-state index in [9.17, 15) is 18.0 Å². The van der Waals surface area contributed by atoms with Crippen molar-refractivity contribution in [1.82, 2.24) is 15.0 Å². The molecule has 1 aromatic heterocycles. The van der Waals surface area contributed by atoms with Crippen molar-refractivity contribution in [2.24, 2.45) is 5.92 Å². The smallest absolute Gasteiger partial charge is 0.416 e. The molecule has 1 unspecified atom stereocenters. The van der Waals surface area contributed by atoms with Crippen LogP contribution in [0.15, 0.2) is 28.8 Å². The van der Waals surface area contributed by atoms with E-state index < -0.39 is 23.6 Å². The van der Waals surface area contributed by atoms with Crippen LogP contribution in [-0.4, -0.2) is 39.2 Å². The lowest BCUT2D eigenvalue weighted by molar-refractivity contribution is -0.141. The second-order valence-corrected chi connectivity index (χ2v) is 5.65. The molecule has 1 atom stereocenters. The lowest BCUT2D eigenvalue weighted by Gasteiger charge is -2.11. The average Bonchev–Trinajstić information content (AvgIpc) is 3.16. The van der Waals surface area contributed by atoms with Gasteiger partial charge in [-0.15, -0.1) is 12.4 Å². The molecule has 3 rings (SSSR count). The summed E-state index contributed by atoms with van der Waals surface area (Å²) in [5.41, 5.74) is -0.570. The SMILES string of the molecule is Cl.O=C(O)C1CCN(Cc2nc(-c3cccc(C(F)(F)F)c3)no2)C1. The molecule has 0 amide bonds. The lowest BCUT2D eigenvalue weighted by Crippen LogP contribution is -2.22. The molecule has 1 aromatic carbocycles. The maximum atomic E-state index is 12.7. The van der Waals surface area contributed by atoms with Crippen molar-refractivity contribution in [3.05, 3.63) is 35.7 Å². The molecule has 1 fully saturated rings. The van der Waals surface area contributed by atoms with E-state index in [2.05, 4.69) is 10.1 Å². The fraction of sp³-hybridized carbons (Fsp3) is 0.400. The molecule has 136 valence electrons. The second-order valence-electron chi connectivity index (χ2n) is 5.65. The van der Waals surface area contributed by atoms with Gasteiger partial charge in [-0.1, -0.05) is 17.3 Å². The number of carbonyl (C=O) groups is 1. The van der Waals surface area contributed by atoms with Crippen LogP contribution in [0.1, 0.15) is 17.9 Å². The number of hydrogen-bond donors (Lipinski definition) is 1. The third kappa shape index (κ3) is 4.49. The number of benzene rings is 1. The molecule has 25 heavy (non-hydrogen) atoms. The average molecular weight is 378 g/mol. The molecule has 1 saturated heterocycles. The van der Waals surface area contributed by atoms with E-state index in [1.807, 2.05) is 4.90 Å².